The maximum Gasteiger partial charge on any atom is 0.300 e. The molecule has 2 rings (SSSR count). The summed E-state index contributed by atoms with van der Waals surface area (Å²) in [5.41, 5.74) is 5.01. The minimum Gasteiger partial charge on any atom is -0.393 e. The minimum atomic E-state index is -0.593. The van der Waals surface area contributed by atoms with Gasteiger partial charge in [0.2, 0.25) is 0 Å². The summed E-state index contributed by atoms with van der Waals surface area (Å²) in [6.45, 7) is 0. The van der Waals surface area contributed by atoms with Crippen LogP contribution in [0, 0.1) is 15.9 Å². The fraction of sp³-hybridized carbons (Fsp3) is 0. The number of halogens is 1. The predicted octanol–water partition coefficient (Wildman–Crippen LogP) is 2.53. The first-order valence-corrected chi connectivity index (χ1v) is 4.59. The molecule has 0 aliphatic carbocycles. The van der Waals surface area contributed by atoms with E-state index >= 15 is 0 Å². The number of benzene rings is 1. The maximum atomic E-state index is 13.2. The second-order valence-electron chi connectivity index (χ2n) is 2.72. The lowest BCUT2D eigenvalue weighted by atomic mass is 10.2. The smallest absolute Gasteiger partial charge is 0.300 e. The number of nitrogens with zero attached hydrogens (tertiary/aromatic N) is 1. The van der Waals surface area contributed by atoms with Gasteiger partial charge >= 0.3 is 5.69 Å². The molecular weight excluding hydrogens is 207 g/mol. The van der Waals surface area contributed by atoms with E-state index in [9.17, 15) is 14.5 Å². The predicted molar refractivity (Wildman–Crippen MR) is 52.8 cm³/mol. The zero-order chi connectivity index (χ0) is 10.3. The van der Waals surface area contributed by atoms with Crippen LogP contribution in [0.4, 0.5) is 15.8 Å². The largest absolute Gasteiger partial charge is 0.393 e. The average molecular weight is 212 g/mol. The van der Waals surface area contributed by atoms with E-state index in [1.165, 1.54) is 6.07 Å². The Morgan fingerprint density at radius 1 is 1.57 bits per heavy atom. The first-order chi connectivity index (χ1) is 6.61. The van der Waals surface area contributed by atoms with Crippen molar-refractivity contribution in [2.45, 2.75) is 0 Å². The summed E-state index contributed by atoms with van der Waals surface area (Å²) in [6.07, 6.45) is 0. The molecule has 2 aromatic rings. The lowest BCUT2D eigenvalue weighted by Gasteiger charge is -1.99. The van der Waals surface area contributed by atoms with E-state index < -0.39 is 10.7 Å². The van der Waals surface area contributed by atoms with Crippen molar-refractivity contribution in [1.82, 2.24) is 0 Å². The normalized spacial score (nSPS) is 10.6. The summed E-state index contributed by atoms with van der Waals surface area (Å²) in [6, 6.07) is 2.48. The topological polar surface area (TPSA) is 69.2 Å². The van der Waals surface area contributed by atoms with Crippen molar-refractivity contribution in [3.8, 4) is 0 Å². The lowest BCUT2D eigenvalue weighted by Crippen LogP contribution is -1.96. The Kier molecular flexibility index (Phi) is 1.85. The van der Waals surface area contributed by atoms with Crippen LogP contribution >= 0.6 is 11.3 Å². The standard InChI is InChI=1S/C8H5FN2O2S/c9-5-3-6(10)7(11(12)13)4-1-2-14-8(4)5/h1-3H,10H2. The van der Waals surface area contributed by atoms with Gasteiger partial charge < -0.3 is 5.73 Å². The molecule has 0 aliphatic rings. The molecule has 0 saturated heterocycles. The Labute approximate surface area is 81.9 Å². The van der Waals surface area contributed by atoms with Gasteiger partial charge in [0, 0.05) is 6.07 Å². The van der Waals surface area contributed by atoms with Gasteiger partial charge in [-0.05, 0) is 11.4 Å². The van der Waals surface area contributed by atoms with Gasteiger partial charge in [0.1, 0.15) is 11.5 Å². The molecular formula is C8H5FN2O2S. The molecule has 1 aromatic heterocycles. The highest BCUT2D eigenvalue weighted by molar-refractivity contribution is 7.17. The third-order valence-electron chi connectivity index (χ3n) is 1.88. The van der Waals surface area contributed by atoms with Crippen LogP contribution in [0.25, 0.3) is 10.1 Å². The average Bonchev–Trinajstić information content (AvgIpc) is 2.51. The van der Waals surface area contributed by atoms with Crippen LogP contribution in [0.2, 0.25) is 0 Å². The number of anilines is 1. The Balaban J connectivity index is 2.93. The summed E-state index contributed by atoms with van der Waals surface area (Å²) < 4.78 is 13.5. The zero-order valence-electron chi connectivity index (χ0n) is 6.86. The SMILES string of the molecule is Nc1cc(F)c2sccc2c1[N+](=O)[O-]. The molecule has 0 bridgehead atoms. The molecule has 1 heterocycles. The number of nitrogens with two attached hydrogens (primary N) is 1. The third kappa shape index (κ3) is 1.12. The van der Waals surface area contributed by atoms with Crippen molar-refractivity contribution in [2.24, 2.45) is 0 Å². The first-order valence-electron chi connectivity index (χ1n) is 3.71. The van der Waals surface area contributed by atoms with Gasteiger partial charge in [-0.1, -0.05) is 0 Å². The quantitative estimate of drug-likeness (QED) is 0.448. The molecule has 0 atom stereocenters. The molecule has 0 fully saturated rings. The highest BCUT2D eigenvalue weighted by atomic mass is 32.1. The third-order valence-corrected chi connectivity index (χ3v) is 2.80. The van der Waals surface area contributed by atoms with E-state index in [1.807, 2.05) is 0 Å². The van der Waals surface area contributed by atoms with Gasteiger partial charge in [0.15, 0.2) is 0 Å². The highest BCUT2D eigenvalue weighted by Crippen LogP contribution is 2.36. The maximum absolute atomic E-state index is 13.2. The number of hydrogen-bond acceptors (Lipinski definition) is 4. The van der Waals surface area contributed by atoms with Crippen molar-refractivity contribution < 1.29 is 9.31 Å². The molecule has 0 radical (unpaired) electrons. The summed E-state index contributed by atoms with van der Waals surface area (Å²) in [5, 5.41) is 12.5. The number of fused-ring (bicyclic) bond motifs is 1. The number of thiophene rings is 1. The molecule has 0 spiro atoms. The van der Waals surface area contributed by atoms with E-state index in [0.29, 0.717) is 0 Å². The van der Waals surface area contributed by atoms with E-state index in [0.717, 1.165) is 17.4 Å². The number of hydrogen-bond donors (Lipinski definition) is 1. The molecule has 0 unspecified atom stereocenters. The van der Waals surface area contributed by atoms with E-state index in [2.05, 4.69) is 0 Å². The van der Waals surface area contributed by atoms with Crippen molar-refractivity contribution in [2.75, 3.05) is 5.73 Å². The number of nitrogen functional groups attached to an aromatic ring is 1. The summed E-state index contributed by atoms with van der Waals surface area (Å²) >= 11 is 1.12. The minimum absolute atomic E-state index is 0.140. The van der Waals surface area contributed by atoms with Crippen molar-refractivity contribution in [3.05, 3.63) is 33.4 Å². The highest BCUT2D eigenvalue weighted by Gasteiger charge is 2.20. The Morgan fingerprint density at radius 2 is 2.29 bits per heavy atom. The first kappa shape index (κ1) is 8.89. The molecule has 1 aromatic carbocycles. The van der Waals surface area contributed by atoms with Crippen LogP contribution in [0.15, 0.2) is 17.5 Å². The second kappa shape index (κ2) is 2.91. The Hall–Kier alpha value is -1.69. The van der Waals surface area contributed by atoms with Gasteiger partial charge in [-0.2, -0.15) is 0 Å². The Bertz CT molecular complexity index is 523. The van der Waals surface area contributed by atoms with Crippen LogP contribution in [0.1, 0.15) is 0 Å². The van der Waals surface area contributed by atoms with Gasteiger partial charge in [-0.3, -0.25) is 10.1 Å². The van der Waals surface area contributed by atoms with Crippen LogP contribution < -0.4 is 5.73 Å². The van der Waals surface area contributed by atoms with Gasteiger partial charge in [0.25, 0.3) is 0 Å². The zero-order valence-corrected chi connectivity index (χ0v) is 7.68. The monoisotopic (exact) mass is 212 g/mol. The fourth-order valence-corrected chi connectivity index (χ4v) is 2.11. The molecule has 14 heavy (non-hydrogen) atoms. The number of nitro benzene ring substituents is 1. The molecule has 2 N–H and O–H groups in total. The lowest BCUT2D eigenvalue weighted by molar-refractivity contribution is -0.382. The molecule has 0 saturated carbocycles. The molecule has 4 nitrogen and oxygen atoms in total. The van der Waals surface area contributed by atoms with Crippen molar-refractivity contribution >= 4 is 32.8 Å². The molecule has 0 amide bonds. The number of nitro groups is 1. The van der Waals surface area contributed by atoms with E-state index in [4.69, 9.17) is 5.73 Å². The van der Waals surface area contributed by atoms with E-state index in [-0.39, 0.29) is 21.5 Å². The fourth-order valence-electron chi connectivity index (χ4n) is 1.31. The van der Waals surface area contributed by atoms with Gasteiger partial charge in [0.05, 0.1) is 15.0 Å². The van der Waals surface area contributed by atoms with Crippen LogP contribution in [-0.4, -0.2) is 4.92 Å². The van der Waals surface area contributed by atoms with Crippen molar-refractivity contribution in [1.29, 1.82) is 0 Å². The summed E-state index contributed by atoms with van der Waals surface area (Å²) in [4.78, 5) is 10.1. The summed E-state index contributed by atoms with van der Waals surface area (Å²) in [5.74, 6) is -0.516. The molecule has 0 aliphatic heterocycles. The van der Waals surface area contributed by atoms with Crippen LogP contribution in [-0.2, 0) is 0 Å². The second-order valence-corrected chi connectivity index (χ2v) is 3.63. The summed E-state index contributed by atoms with van der Waals surface area (Å²) in [7, 11) is 0. The Morgan fingerprint density at radius 3 is 2.93 bits per heavy atom. The molecule has 72 valence electrons. The van der Waals surface area contributed by atoms with Crippen LogP contribution in [0.5, 0.6) is 0 Å². The number of rotatable bonds is 1. The van der Waals surface area contributed by atoms with E-state index in [1.54, 1.807) is 5.38 Å². The van der Waals surface area contributed by atoms with Crippen molar-refractivity contribution in [3.63, 3.8) is 0 Å². The van der Waals surface area contributed by atoms with Crippen LogP contribution in [0.3, 0.4) is 0 Å². The van der Waals surface area contributed by atoms with Gasteiger partial charge in [-0.15, -0.1) is 11.3 Å². The van der Waals surface area contributed by atoms with Gasteiger partial charge in [-0.25, -0.2) is 4.39 Å². The molecule has 6 heteroatoms.